The number of carbonyl (C=O) groups excluding carboxylic acids is 1. The molecule has 6 aliphatic carbocycles. The third kappa shape index (κ3) is 1.09. The van der Waals surface area contributed by atoms with Crippen molar-refractivity contribution in [1.29, 1.82) is 0 Å². The fourth-order valence-corrected chi connectivity index (χ4v) is 7.77. The minimum absolute atomic E-state index is 0.145. The molecule has 3 nitrogen and oxygen atoms in total. The molecule has 6 fully saturated rings. The van der Waals surface area contributed by atoms with Crippen molar-refractivity contribution in [2.24, 2.45) is 58.3 Å². The van der Waals surface area contributed by atoms with Gasteiger partial charge in [0.15, 0.2) is 0 Å². The number of aliphatic imine (C=N–C) groups is 1. The lowest BCUT2D eigenvalue weighted by molar-refractivity contribution is -0.126. The maximum Gasteiger partial charge on any atom is 0.232 e. The van der Waals surface area contributed by atoms with Gasteiger partial charge in [-0.05, 0) is 66.3 Å². The van der Waals surface area contributed by atoms with E-state index in [-0.39, 0.29) is 5.91 Å². The molecule has 1 amide bonds. The molecule has 0 aromatic heterocycles. The smallest absolute Gasteiger partial charge is 0.232 e. The molecule has 10 unspecified atom stereocenters. The lowest BCUT2D eigenvalue weighted by Crippen LogP contribution is -2.44. The Morgan fingerprint density at radius 2 is 1.71 bits per heavy atom. The van der Waals surface area contributed by atoms with Gasteiger partial charge in [-0.1, -0.05) is 6.08 Å². The van der Waals surface area contributed by atoms with E-state index in [1.807, 2.05) is 0 Å². The highest BCUT2D eigenvalue weighted by Gasteiger charge is 2.80. The maximum absolute atomic E-state index is 13.8. The zero-order chi connectivity index (χ0) is 13.9. The summed E-state index contributed by atoms with van der Waals surface area (Å²) in [7, 11) is 0. The van der Waals surface area contributed by atoms with Gasteiger partial charge in [0.05, 0.1) is 0 Å². The van der Waals surface area contributed by atoms with Crippen LogP contribution < -0.4 is 5.32 Å². The molecule has 1 N–H and O–H groups in total. The van der Waals surface area contributed by atoms with Crippen LogP contribution in [-0.4, -0.2) is 24.5 Å². The summed E-state index contributed by atoms with van der Waals surface area (Å²) < 4.78 is 13.8. The van der Waals surface area contributed by atoms with E-state index in [9.17, 15) is 9.18 Å². The SMILES string of the molecule is O=C(NC1C2C3CC4C5CC(C42)[C@H]1C53)C1C=CC=NC1F. The average Bonchev–Trinajstić information content (AvgIpc) is 3.18. The first kappa shape index (κ1) is 11.4. The summed E-state index contributed by atoms with van der Waals surface area (Å²) in [6, 6.07) is 0.339. The third-order valence-corrected chi connectivity index (χ3v) is 7.86. The molecule has 6 saturated carbocycles. The molecule has 0 saturated heterocycles. The highest BCUT2D eigenvalue weighted by atomic mass is 19.1. The van der Waals surface area contributed by atoms with E-state index in [1.165, 1.54) is 19.1 Å². The summed E-state index contributed by atoms with van der Waals surface area (Å²) in [5.74, 6) is 6.04. The van der Waals surface area contributed by atoms with Gasteiger partial charge in [-0.25, -0.2) is 4.39 Å². The van der Waals surface area contributed by atoms with Crippen LogP contribution in [-0.2, 0) is 4.79 Å². The zero-order valence-corrected chi connectivity index (χ0v) is 11.7. The number of carbonyl (C=O) groups is 1. The Balaban J connectivity index is 1.28. The molecule has 0 aromatic rings. The highest BCUT2D eigenvalue weighted by Crippen LogP contribution is 2.82. The molecular weight excluding hydrogens is 267 g/mol. The Bertz CT molecular complexity index is 574. The quantitative estimate of drug-likeness (QED) is 0.773. The number of allylic oxidation sites excluding steroid dienone is 1. The Hall–Kier alpha value is -1.19. The maximum atomic E-state index is 13.8. The predicted octanol–water partition coefficient (Wildman–Crippen LogP) is 1.80. The summed E-state index contributed by atoms with van der Waals surface area (Å²) in [4.78, 5) is 16.2. The van der Waals surface area contributed by atoms with Gasteiger partial charge in [-0.3, -0.25) is 9.79 Å². The van der Waals surface area contributed by atoms with E-state index in [1.54, 1.807) is 12.2 Å². The molecule has 6 bridgehead atoms. The van der Waals surface area contributed by atoms with Crippen molar-refractivity contribution in [3.63, 3.8) is 0 Å². The van der Waals surface area contributed by atoms with E-state index in [2.05, 4.69) is 10.3 Å². The number of hydrogen-bond acceptors (Lipinski definition) is 2. The first-order chi connectivity index (χ1) is 10.3. The van der Waals surface area contributed by atoms with E-state index in [0.29, 0.717) is 17.9 Å². The van der Waals surface area contributed by atoms with Crippen LogP contribution in [0.15, 0.2) is 17.1 Å². The average molecular weight is 286 g/mol. The van der Waals surface area contributed by atoms with Gasteiger partial charge in [0.25, 0.3) is 0 Å². The fourth-order valence-electron chi connectivity index (χ4n) is 7.77. The van der Waals surface area contributed by atoms with E-state index < -0.39 is 12.2 Å². The minimum atomic E-state index is -1.41. The number of alkyl halides is 1. The fraction of sp³-hybridized carbons (Fsp3) is 0.765. The molecule has 1 aliphatic heterocycles. The molecule has 0 radical (unpaired) electrons. The van der Waals surface area contributed by atoms with E-state index in [4.69, 9.17) is 0 Å². The molecule has 4 heteroatoms. The number of amides is 1. The lowest BCUT2D eigenvalue weighted by atomic mass is 9.71. The van der Waals surface area contributed by atoms with Crippen LogP contribution in [0.3, 0.4) is 0 Å². The van der Waals surface area contributed by atoms with Crippen LogP contribution in [0.25, 0.3) is 0 Å². The Labute approximate surface area is 123 Å². The second-order valence-corrected chi connectivity index (χ2v) is 8.05. The molecule has 11 atom stereocenters. The molecule has 7 rings (SSSR count). The molecular formula is C17H19FN2O. The Kier molecular flexibility index (Phi) is 1.85. The number of hydrogen-bond donors (Lipinski definition) is 1. The lowest BCUT2D eigenvalue weighted by Gasteiger charge is -2.33. The largest absolute Gasteiger partial charge is 0.352 e. The van der Waals surface area contributed by atoms with Gasteiger partial charge in [-0.15, -0.1) is 0 Å². The normalized spacial score (nSPS) is 63.4. The van der Waals surface area contributed by atoms with Gasteiger partial charge < -0.3 is 5.32 Å². The molecule has 21 heavy (non-hydrogen) atoms. The Morgan fingerprint density at radius 3 is 2.33 bits per heavy atom. The van der Waals surface area contributed by atoms with Crippen molar-refractivity contribution in [1.82, 2.24) is 5.32 Å². The topological polar surface area (TPSA) is 41.5 Å². The van der Waals surface area contributed by atoms with Gasteiger partial charge in [0.2, 0.25) is 12.2 Å². The van der Waals surface area contributed by atoms with Crippen LogP contribution in [0.4, 0.5) is 4.39 Å². The number of halogens is 1. The first-order valence-electron chi connectivity index (χ1n) is 8.40. The van der Waals surface area contributed by atoms with Crippen molar-refractivity contribution in [3.8, 4) is 0 Å². The molecule has 0 spiro atoms. The van der Waals surface area contributed by atoms with Crippen LogP contribution >= 0.6 is 0 Å². The van der Waals surface area contributed by atoms with Crippen molar-refractivity contribution in [2.75, 3.05) is 0 Å². The number of dihydropyridines is 1. The summed E-state index contributed by atoms with van der Waals surface area (Å²) >= 11 is 0. The standard InChI is InChI=1S/C17H19FN2O/c18-16-6(2-1-3-19-16)17(21)20-15-13-9-4-7-8-5-10(11(7)13)14(15)12(8)9/h1-3,6-16H,4-5H2,(H,20,21)/t6?,7?,8?,9?,10?,11?,12?,13-,14?,15?,16?/m0/s1. The van der Waals surface area contributed by atoms with Crippen LogP contribution in [0.1, 0.15) is 12.8 Å². The van der Waals surface area contributed by atoms with E-state index in [0.717, 1.165) is 35.5 Å². The van der Waals surface area contributed by atoms with Crippen molar-refractivity contribution in [3.05, 3.63) is 12.2 Å². The van der Waals surface area contributed by atoms with Gasteiger partial charge in [0, 0.05) is 12.3 Å². The molecule has 7 aliphatic rings. The number of nitrogens with one attached hydrogen (secondary N) is 1. The number of rotatable bonds is 2. The molecule has 0 aromatic carbocycles. The minimum Gasteiger partial charge on any atom is -0.352 e. The zero-order valence-electron chi connectivity index (χ0n) is 11.7. The first-order valence-corrected chi connectivity index (χ1v) is 8.40. The van der Waals surface area contributed by atoms with Crippen LogP contribution in [0, 0.1) is 53.3 Å². The second-order valence-electron chi connectivity index (χ2n) is 8.05. The predicted molar refractivity (Wildman–Crippen MR) is 75.1 cm³/mol. The summed E-state index contributed by atoms with van der Waals surface area (Å²) in [6.45, 7) is 0. The van der Waals surface area contributed by atoms with Crippen LogP contribution in [0.2, 0.25) is 0 Å². The van der Waals surface area contributed by atoms with E-state index >= 15 is 0 Å². The summed E-state index contributed by atoms with van der Waals surface area (Å²) in [5.41, 5.74) is 0. The van der Waals surface area contributed by atoms with Crippen molar-refractivity contribution < 1.29 is 9.18 Å². The summed E-state index contributed by atoms with van der Waals surface area (Å²) in [5, 5.41) is 3.25. The summed E-state index contributed by atoms with van der Waals surface area (Å²) in [6.07, 6.45) is 6.21. The molecule has 110 valence electrons. The van der Waals surface area contributed by atoms with Gasteiger partial charge >= 0.3 is 0 Å². The highest BCUT2D eigenvalue weighted by molar-refractivity contribution is 5.84. The third-order valence-electron chi connectivity index (χ3n) is 7.86. The van der Waals surface area contributed by atoms with Gasteiger partial charge in [-0.2, -0.15) is 0 Å². The molecule has 1 heterocycles. The number of nitrogens with zero attached hydrogens (tertiary/aromatic N) is 1. The van der Waals surface area contributed by atoms with Crippen LogP contribution in [0.5, 0.6) is 0 Å². The monoisotopic (exact) mass is 286 g/mol. The second kappa shape index (κ2) is 3.41. The Morgan fingerprint density at radius 1 is 1.05 bits per heavy atom. The van der Waals surface area contributed by atoms with Gasteiger partial charge in [0.1, 0.15) is 5.92 Å². The van der Waals surface area contributed by atoms with Crippen molar-refractivity contribution >= 4 is 12.1 Å². The van der Waals surface area contributed by atoms with Crippen molar-refractivity contribution in [2.45, 2.75) is 25.2 Å².